The quantitative estimate of drug-likeness (QED) is 0.127. The number of benzene rings is 10. The average Bonchev–Trinajstić information content (AvgIpc) is 3.49. The SMILES string of the molecule is CC1(C)c2ccccc2-c2c(-c3c4ccccc4c(-c4ccc(-c5cc6ccccc6c6ccccc56)cc4)c4ccc(-c5ccccc5)cc34)cccc21. The van der Waals surface area contributed by atoms with Crippen molar-refractivity contribution >= 4 is 43.1 Å². The fourth-order valence-electron chi connectivity index (χ4n) is 9.66. The van der Waals surface area contributed by atoms with E-state index >= 15 is 0 Å². The van der Waals surface area contributed by atoms with Crippen molar-refractivity contribution in [3.63, 3.8) is 0 Å². The average molecular weight is 699 g/mol. The molecule has 55 heavy (non-hydrogen) atoms. The normalized spacial score (nSPS) is 13.1. The monoisotopic (exact) mass is 698 g/mol. The molecule has 0 heteroatoms. The van der Waals surface area contributed by atoms with E-state index in [1.165, 1.54) is 110 Å². The van der Waals surface area contributed by atoms with E-state index in [1.807, 2.05) is 0 Å². The minimum atomic E-state index is -0.0825. The van der Waals surface area contributed by atoms with Gasteiger partial charge in [-0.15, -0.1) is 0 Å². The van der Waals surface area contributed by atoms with E-state index in [4.69, 9.17) is 0 Å². The second kappa shape index (κ2) is 12.1. The summed E-state index contributed by atoms with van der Waals surface area (Å²) in [4.78, 5) is 0. The molecular formula is C55H38. The molecule has 0 spiro atoms. The fourth-order valence-corrected chi connectivity index (χ4v) is 9.66. The highest BCUT2D eigenvalue weighted by Crippen LogP contribution is 2.54. The highest BCUT2D eigenvalue weighted by Gasteiger charge is 2.37. The summed E-state index contributed by atoms with van der Waals surface area (Å²) in [5.41, 5.74) is 15.4. The molecule has 1 aliphatic carbocycles. The van der Waals surface area contributed by atoms with Crippen LogP contribution < -0.4 is 0 Å². The molecular weight excluding hydrogens is 661 g/mol. The maximum Gasteiger partial charge on any atom is 0.0159 e. The van der Waals surface area contributed by atoms with Crippen LogP contribution in [0, 0.1) is 0 Å². The summed E-state index contributed by atoms with van der Waals surface area (Å²) < 4.78 is 0. The second-order valence-corrected chi connectivity index (χ2v) is 15.6. The van der Waals surface area contributed by atoms with Crippen molar-refractivity contribution in [2.45, 2.75) is 19.3 Å². The van der Waals surface area contributed by atoms with Gasteiger partial charge in [-0.25, -0.2) is 0 Å². The Kier molecular flexibility index (Phi) is 7.00. The molecule has 0 amide bonds. The molecule has 0 saturated carbocycles. The van der Waals surface area contributed by atoms with Gasteiger partial charge in [0.15, 0.2) is 0 Å². The van der Waals surface area contributed by atoms with Gasteiger partial charge in [-0.05, 0) is 122 Å². The minimum Gasteiger partial charge on any atom is -0.0622 e. The maximum atomic E-state index is 2.44. The molecule has 0 atom stereocenters. The topological polar surface area (TPSA) is 0 Å². The van der Waals surface area contributed by atoms with Gasteiger partial charge >= 0.3 is 0 Å². The van der Waals surface area contributed by atoms with Crippen molar-refractivity contribution in [1.82, 2.24) is 0 Å². The number of rotatable bonds is 4. The van der Waals surface area contributed by atoms with Gasteiger partial charge in [0.25, 0.3) is 0 Å². The molecule has 0 radical (unpaired) electrons. The predicted molar refractivity (Wildman–Crippen MR) is 236 cm³/mol. The van der Waals surface area contributed by atoms with Gasteiger partial charge in [0.05, 0.1) is 0 Å². The first-order valence-electron chi connectivity index (χ1n) is 19.4. The zero-order valence-electron chi connectivity index (χ0n) is 31.0. The van der Waals surface area contributed by atoms with Crippen LogP contribution in [-0.4, -0.2) is 0 Å². The molecule has 11 rings (SSSR count). The van der Waals surface area contributed by atoms with Crippen molar-refractivity contribution in [1.29, 1.82) is 0 Å². The Hall–Kier alpha value is -6.76. The van der Waals surface area contributed by atoms with Crippen LogP contribution in [0.25, 0.3) is 98.7 Å². The van der Waals surface area contributed by atoms with Crippen LogP contribution >= 0.6 is 0 Å². The molecule has 0 nitrogen and oxygen atoms in total. The molecule has 10 aromatic rings. The van der Waals surface area contributed by atoms with E-state index in [9.17, 15) is 0 Å². The van der Waals surface area contributed by atoms with Gasteiger partial charge in [-0.1, -0.05) is 196 Å². The molecule has 1 aliphatic rings. The van der Waals surface area contributed by atoms with Crippen molar-refractivity contribution < 1.29 is 0 Å². The van der Waals surface area contributed by atoms with E-state index in [0.717, 1.165) is 0 Å². The Morgan fingerprint density at radius 3 is 1.64 bits per heavy atom. The standard InChI is InChI=1S/C55H38/c1-55(2)50-25-13-12-23-46(50)54-47(24-14-26-51(54)55)53-44-22-11-10-21-43(44)52(45-32-31-38(33-49(45)53)35-15-4-3-5-16-35)37-29-27-36(28-30-37)48-34-39-17-6-7-18-40(39)41-19-8-9-20-42(41)48/h3-34H,1-2H3. The van der Waals surface area contributed by atoms with E-state index in [2.05, 4.69) is 208 Å². The number of fused-ring (bicyclic) bond motifs is 8. The van der Waals surface area contributed by atoms with E-state index in [-0.39, 0.29) is 5.41 Å². The third-order valence-corrected chi connectivity index (χ3v) is 12.3. The number of hydrogen-bond acceptors (Lipinski definition) is 0. The van der Waals surface area contributed by atoms with Gasteiger partial charge < -0.3 is 0 Å². The summed E-state index contributed by atoms with van der Waals surface area (Å²) in [6.07, 6.45) is 0. The van der Waals surface area contributed by atoms with E-state index < -0.39 is 0 Å². The zero-order valence-corrected chi connectivity index (χ0v) is 31.0. The molecule has 10 aromatic carbocycles. The molecule has 0 N–H and O–H groups in total. The maximum absolute atomic E-state index is 2.44. The summed E-state index contributed by atoms with van der Waals surface area (Å²) in [7, 11) is 0. The molecule has 0 unspecified atom stereocenters. The fraction of sp³-hybridized carbons (Fsp3) is 0.0545. The lowest BCUT2D eigenvalue weighted by atomic mass is 9.80. The van der Waals surface area contributed by atoms with Crippen molar-refractivity contribution in [2.75, 3.05) is 0 Å². The molecule has 0 aliphatic heterocycles. The Bertz CT molecular complexity index is 3140. The van der Waals surface area contributed by atoms with Gasteiger partial charge in [-0.2, -0.15) is 0 Å². The third-order valence-electron chi connectivity index (χ3n) is 12.3. The van der Waals surface area contributed by atoms with Gasteiger partial charge in [0, 0.05) is 5.41 Å². The zero-order chi connectivity index (χ0) is 36.7. The summed E-state index contributed by atoms with van der Waals surface area (Å²) in [5.74, 6) is 0. The van der Waals surface area contributed by atoms with E-state index in [0.29, 0.717) is 0 Å². The largest absolute Gasteiger partial charge is 0.0622 e. The second-order valence-electron chi connectivity index (χ2n) is 15.6. The Labute approximate surface area is 322 Å². The molecule has 258 valence electrons. The lowest BCUT2D eigenvalue weighted by molar-refractivity contribution is 0.660. The first-order chi connectivity index (χ1) is 27.1. The Morgan fingerprint density at radius 1 is 0.273 bits per heavy atom. The van der Waals surface area contributed by atoms with Crippen LogP contribution in [0.2, 0.25) is 0 Å². The highest BCUT2D eigenvalue weighted by atomic mass is 14.4. The first-order valence-corrected chi connectivity index (χ1v) is 19.4. The van der Waals surface area contributed by atoms with Crippen LogP contribution in [0.15, 0.2) is 194 Å². The van der Waals surface area contributed by atoms with Crippen molar-refractivity contribution in [3.05, 3.63) is 205 Å². The Balaban J connectivity index is 1.18. The minimum absolute atomic E-state index is 0.0825. The van der Waals surface area contributed by atoms with Gasteiger partial charge in [0.1, 0.15) is 0 Å². The third kappa shape index (κ3) is 4.78. The molecule has 0 bridgehead atoms. The molecule has 0 saturated heterocycles. The number of hydrogen-bond donors (Lipinski definition) is 0. The molecule has 0 fully saturated rings. The van der Waals surface area contributed by atoms with Gasteiger partial charge in [0.2, 0.25) is 0 Å². The van der Waals surface area contributed by atoms with Crippen LogP contribution in [-0.2, 0) is 5.41 Å². The van der Waals surface area contributed by atoms with Crippen molar-refractivity contribution in [3.8, 4) is 55.6 Å². The van der Waals surface area contributed by atoms with Crippen molar-refractivity contribution in [2.24, 2.45) is 0 Å². The van der Waals surface area contributed by atoms with Crippen LogP contribution in [0.3, 0.4) is 0 Å². The molecule has 0 aromatic heterocycles. The highest BCUT2D eigenvalue weighted by molar-refractivity contribution is 6.23. The molecule has 0 heterocycles. The summed E-state index contributed by atoms with van der Waals surface area (Å²) in [5, 5.41) is 10.2. The Morgan fingerprint density at radius 2 is 0.836 bits per heavy atom. The summed E-state index contributed by atoms with van der Waals surface area (Å²) in [6.45, 7) is 4.75. The smallest absolute Gasteiger partial charge is 0.0159 e. The van der Waals surface area contributed by atoms with Crippen LogP contribution in [0.5, 0.6) is 0 Å². The van der Waals surface area contributed by atoms with Crippen LogP contribution in [0.1, 0.15) is 25.0 Å². The van der Waals surface area contributed by atoms with E-state index in [1.54, 1.807) is 0 Å². The van der Waals surface area contributed by atoms with Crippen LogP contribution in [0.4, 0.5) is 0 Å². The lowest BCUT2D eigenvalue weighted by Crippen LogP contribution is -2.14. The summed E-state index contributed by atoms with van der Waals surface area (Å²) >= 11 is 0. The predicted octanol–water partition coefficient (Wildman–Crippen LogP) is 15.3. The first kappa shape index (κ1) is 31.7. The lowest BCUT2D eigenvalue weighted by Gasteiger charge is -2.23. The van der Waals surface area contributed by atoms with Gasteiger partial charge in [-0.3, -0.25) is 0 Å². The summed E-state index contributed by atoms with van der Waals surface area (Å²) in [6, 6.07) is 72.2.